The van der Waals surface area contributed by atoms with Crippen molar-refractivity contribution in [3.05, 3.63) is 22.2 Å². The van der Waals surface area contributed by atoms with E-state index in [1.807, 2.05) is 12.1 Å². The van der Waals surface area contributed by atoms with Gasteiger partial charge in [-0.25, -0.2) is 0 Å². The Morgan fingerprint density at radius 2 is 2.20 bits per heavy atom. The minimum absolute atomic E-state index is 0.256. The minimum Gasteiger partial charge on any atom is -0.493 e. The van der Waals surface area contributed by atoms with Crippen molar-refractivity contribution >= 4 is 21.9 Å². The molecule has 0 aromatic heterocycles. The van der Waals surface area contributed by atoms with Crippen LogP contribution in [0.5, 0.6) is 11.5 Å². The van der Waals surface area contributed by atoms with Crippen LogP contribution in [0, 0.1) is 5.92 Å². The first-order valence-electron chi connectivity index (χ1n) is 6.41. The van der Waals surface area contributed by atoms with Gasteiger partial charge in [0.15, 0.2) is 11.5 Å². The molecular weight excluding hydrogens is 326 g/mol. The summed E-state index contributed by atoms with van der Waals surface area (Å²) >= 11 is 3.54. The van der Waals surface area contributed by atoms with Gasteiger partial charge in [0.25, 0.3) is 0 Å². The monoisotopic (exact) mass is 343 g/mol. The molecule has 1 fully saturated rings. The van der Waals surface area contributed by atoms with E-state index in [2.05, 4.69) is 20.8 Å². The lowest BCUT2D eigenvalue weighted by molar-refractivity contribution is -0.141. The van der Waals surface area contributed by atoms with E-state index in [-0.39, 0.29) is 5.92 Å². The highest BCUT2D eigenvalue weighted by Crippen LogP contribution is 2.38. The molecule has 2 rings (SSSR count). The van der Waals surface area contributed by atoms with E-state index in [1.54, 1.807) is 14.2 Å². The van der Waals surface area contributed by atoms with Crippen LogP contribution < -0.4 is 9.47 Å². The Kier molecular flexibility index (Phi) is 4.88. The molecule has 1 aromatic carbocycles. The fourth-order valence-corrected chi connectivity index (χ4v) is 3.09. The van der Waals surface area contributed by atoms with Crippen LogP contribution in [0.2, 0.25) is 0 Å². The molecule has 1 N–H and O–H groups in total. The Balaban J connectivity index is 2.13. The highest BCUT2D eigenvalue weighted by molar-refractivity contribution is 9.10. The summed E-state index contributed by atoms with van der Waals surface area (Å²) in [4.78, 5) is 13.1. The molecule has 6 heteroatoms. The lowest BCUT2D eigenvalue weighted by Gasteiger charge is -2.18. The molecule has 1 saturated heterocycles. The molecule has 0 bridgehead atoms. The number of ether oxygens (including phenoxy) is 2. The molecule has 0 aliphatic carbocycles. The fourth-order valence-electron chi connectivity index (χ4n) is 2.47. The summed E-state index contributed by atoms with van der Waals surface area (Å²) in [6.45, 7) is 2.10. The van der Waals surface area contributed by atoms with Crippen molar-refractivity contribution in [3.63, 3.8) is 0 Å². The first-order chi connectivity index (χ1) is 9.56. The number of rotatable bonds is 5. The molecule has 1 heterocycles. The smallest absolute Gasteiger partial charge is 0.307 e. The molecule has 110 valence electrons. The van der Waals surface area contributed by atoms with Crippen molar-refractivity contribution < 1.29 is 19.4 Å². The van der Waals surface area contributed by atoms with Crippen LogP contribution >= 0.6 is 15.9 Å². The maximum atomic E-state index is 11.0. The average Bonchev–Trinajstić information content (AvgIpc) is 2.89. The molecule has 20 heavy (non-hydrogen) atoms. The predicted molar refractivity (Wildman–Crippen MR) is 78.3 cm³/mol. The van der Waals surface area contributed by atoms with Crippen molar-refractivity contribution in [1.82, 2.24) is 4.90 Å². The van der Waals surface area contributed by atoms with Gasteiger partial charge >= 0.3 is 5.97 Å². The van der Waals surface area contributed by atoms with Gasteiger partial charge in [-0.2, -0.15) is 0 Å². The highest BCUT2D eigenvalue weighted by atomic mass is 79.9. The first-order valence-corrected chi connectivity index (χ1v) is 7.20. The molecule has 5 nitrogen and oxygen atoms in total. The van der Waals surface area contributed by atoms with E-state index in [0.29, 0.717) is 31.0 Å². The molecule has 1 aliphatic rings. The normalized spacial score (nSPS) is 19.1. The number of hydrogen-bond acceptors (Lipinski definition) is 4. The fraction of sp³-hybridized carbons (Fsp3) is 0.500. The predicted octanol–water partition coefficient (Wildman–Crippen LogP) is 2.37. The number of carbonyl (C=O) groups is 1. The minimum atomic E-state index is -0.709. The van der Waals surface area contributed by atoms with Crippen LogP contribution in [0.25, 0.3) is 0 Å². The zero-order valence-electron chi connectivity index (χ0n) is 11.6. The second-order valence-electron chi connectivity index (χ2n) is 4.83. The van der Waals surface area contributed by atoms with E-state index in [9.17, 15) is 4.79 Å². The summed E-state index contributed by atoms with van der Waals surface area (Å²) in [5, 5.41) is 9.03. The molecular formula is C14H18BrNO4. The number of carboxylic acids is 1. The number of benzene rings is 1. The quantitative estimate of drug-likeness (QED) is 0.889. The summed E-state index contributed by atoms with van der Waals surface area (Å²) in [7, 11) is 3.20. The van der Waals surface area contributed by atoms with E-state index in [0.717, 1.165) is 16.6 Å². The number of methoxy groups -OCH3 is 2. The SMILES string of the molecule is COc1ccc(CN2CCC(C(=O)O)C2)c(Br)c1OC. The summed E-state index contributed by atoms with van der Waals surface area (Å²) in [6, 6.07) is 3.84. The average molecular weight is 344 g/mol. The van der Waals surface area contributed by atoms with Gasteiger partial charge in [-0.3, -0.25) is 9.69 Å². The van der Waals surface area contributed by atoms with Gasteiger partial charge in [0.2, 0.25) is 0 Å². The van der Waals surface area contributed by atoms with Gasteiger partial charge in [-0.05, 0) is 40.5 Å². The van der Waals surface area contributed by atoms with Gasteiger partial charge in [-0.15, -0.1) is 0 Å². The van der Waals surface area contributed by atoms with Crippen LogP contribution in [0.15, 0.2) is 16.6 Å². The molecule has 1 unspecified atom stereocenters. The van der Waals surface area contributed by atoms with Crippen molar-refractivity contribution in [1.29, 1.82) is 0 Å². The van der Waals surface area contributed by atoms with E-state index in [1.165, 1.54) is 0 Å². The van der Waals surface area contributed by atoms with Crippen molar-refractivity contribution in [2.24, 2.45) is 5.92 Å². The molecule has 0 radical (unpaired) electrons. The third kappa shape index (κ3) is 3.07. The van der Waals surface area contributed by atoms with Gasteiger partial charge in [-0.1, -0.05) is 6.07 Å². The second kappa shape index (κ2) is 6.45. The van der Waals surface area contributed by atoms with Gasteiger partial charge < -0.3 is 14.6 Å². The molecule has 1 atom stereocenters. The summed E-state index contributed by atoms with van der Waals surface area (Å²) < 4.78 is 11.5. The second-order valence-corrected chi connectivity index (χ2v) is 5.63. The number of aliphatic carboxylic acids is 1. The lowest BCUT2D eigenvalue weighted by atomic mass is 10.1. The van der Waals surface area contributed by atoms with Crippen LogP contribution in [0.1, 0.15) is 12.0 Å². The Hall–Kier alpha value is -1.27. The Labute approximate surface area is 126 Å². The van der Waals surface area contributed by atoms with E-state index >= 15 is 0 Å². The maximum Gasteiger partial charge on any atom is 0.307 e. The Morgan fingerprint density at radius 3 is 2.75 bits per heavy atom. The Bertz CT molecular complexity index is 506. The number of nitrogens with zero attached hydrogens (tertiary/aromatic N) is 1. The summed E-state index contributed by atoms with van der Waals surface area (Å²) in [6.07, 6.45) is 0.709. The molecule has 0 amide bonds. The summed E-state index contributed by atoms with van der Waals surface area (Å²) in [5.74, 6) is 0.375. The van der Waals surface area contributed by atoms with Crippen LogP contribution in [0.4, 0.5) is 0 Å². The van der Waals surface area contributed by atoms with Crippen LogP contribution in [-0.2, 0) is 11.3 Å². The van der Waals surface area contributed by atoms with Gasteiger partial charge in [0, 0.05) is 13.1 Å². The van der Waals surface area contributed by atoms with Crippen molar-refractivity contribution in [2.75, 3.05) is 27.3 Å². The number of likely N-dealkylation sites (tertiary alicyclic amines) is 1. The van der Waals surface area contributed by atoms with E-state index < -0.39 is 5.97 Å². The first kappa shape index (κ1) is 15.1. The standard InChI is InChI=1S/C14H18BrNO4/c1-19-11-4-3-9(12(15)13(11)20-2)7-16-6-5-10(8-16)14(17)18/h3-4,10H,5-8H2,1-2H3,(H,17,18). The molecule has 0 spiro atoms. The van der Waals surface area contributed by atoms with Gasteiger partial charge in [0.1, 0.15) is 0 Å². The molecule has 0 saturated carbocycles. The largest absolute Gasteiger partial charge is 0.493 e. The maximum absolute atomic E-state index is 11.0. The zero-order valence-corrected chi connectivity index (χ0v) is 13.1. The van der Waals surface area contributed by atoms with E-state index in [4.69, 9.17) is 14.6 Å². The van der Waals surface area contributed by atoms with Crippen molar-refractivity contribution in [3.8, 4) is 11.5 Å². The zero-order chi connectivity index (χ0) is 14.7. The molecule has 1 aliphatic heterocycles. The topological polar surface area (TPSA) is 59.0 Å². The highest BCUT2D eigenvalue weighted by Gasteiger charge is 2.28. The van der Waals surface area contributed by atoms with Crippen LogP contribution in [-0.4, -0.2) is 43.3 Å². The van der Waals surface area contributed by atoms with Crippen molar-refractivity contribution in [2.45, 2.75) is 13.0 Å². The third-order valence-corrected chi connectivity index (χ3v) is 4.45. The lowest BCUT2D eigenvalue weighted by Crippen LogP contribution is -2.23. The third-order valence-electron chi connectivity index (χ3n) is 3.58. The number of hydrogen-bond donors (Lipinski definition) is 1. The number of carboxylic acid groups (broad SMARTS) is 1. The molecule has 1 aromatic rings. The number of halogens is 1. The van der Waals surface area contributed by atoms with Crippen LogP contribution in [0.3, 0.4) is 0 Å². The Morgan fingerprint density at radius 1 is 1.45 bits per heavy atom. The summed E-state index contributed by atoms with van der Waals surface area (Å²) in [5.41, 5.74) is 1.06. The van der Waals surface area contributed by atoms with Gasteiger partial charge in [0.05, 0.1) is 24.6 Å².